The standard InChI is InChI=1S/C15H8N3S/c16-9-19-15-13-8-11-4-2-1-3-10(11)7-12(13)5-6-14(15)18-17/h1-8H/q+1. The van der Waals surface area contributed by atoms with Crippen LogP contribution in [-0.2, 0) is 0 Å². The molecule has 0 aromatic heterocycles. The number of benzene rings is 3. The van der Waals surface area contributed by atoms with Gasteiger partial charge in [-0.15, -0.1) is 0 Å². The minimum absolute atomic E-state index is 0.425. The molecule has 0 saturated carbocycles. The summed E-state index contributed by atoms with van der Waals surface area (Å²) in [5.74, 6) is 0. The second kappa shape index (κ2) is 4.61. The Morgan fingerprint density at radius 1 is 0.947 bits per heavy atom. The summed E-state index contributed by atoms with van der Waals surface area (Å²) in [5.41, 5.74) is 0.425. The lowest BCUT2D eigenvalue weighted by Gasteiger charge is -2.03. The molecule has 0 aliphatic carbocycles. The van der Waals surface area contributed by atoms with Crippen molar-refractivity contribution in [3.05, 3.63) is 53.5 Å². The number of nitriles is 1. The third-order valence-corrected chi connectivity index (χ3v) is 3.80. The van der Waals surface area contributed by atoms with Crippen molar-refractivity contribution in [1.82, 2.24) is 0 Å². The van der Waals surface area contributed by atoms with E-state index in [4.69, 9.17) is 10.7 Å². The number of thiocyanates is 1. The van der Waals surface area contributed by atoms with Gasteiger partial charge >= 0.3 is 5.69 Å². The Kier molecular flexibility index (Phi) is 2.79. The van der Waals surface area contributed by atoms with Crippen molar-refractivity contribution in [2.75, 3.05) is 0 Å². The molecule has 0 radical (unpaired) electrons. The lowest BCUT2D eigenvalue weighted by molar-refractivity contribution is 1.43. The van der Waals surface area contributed by atoms with Gasteiger partial charge in [-0.25, -0.2) is 0 Å². The second-order valence-corrected chi connectivity index (χ2v) is 4.92. The minimum Gasteiger partial charge on any atom is -0.185 e. The molecule has 3 rings (SSSR count). The largest absolute Gasteiger partial charge is 0.400 e. The van der Waals surface area contributed by atoms with Crippen molar-refractivity contribution in [2.45, 2.75) is 4.90 Å². The van der Waals surface area contributed by atoms with Gasteiger partial charge in [0.15, 0.2) is 4.98 Å². The molecule has 0 N–H and O–H groups in total. The van der Waals surface area contributed by atoms with Crippen molar-refractivity contribution in [2.24, 2.45) is 0 Å². The summed E-state index contributed by atoms with van der Waals surface area (Å²) in [7, 11) is 0. The Hall–Kier alpha value is -2.56. The molecule has 0 aliphatic heterocycles. The van der Waals surface area contributed by atoms with E-state index in [9.17, 15) is 0 Å². The van der Waals surface area contributed by atoms with Crippen molar-refractivity contribution < 1.29 is 0 Å². The zero-order chi connectivity index (χ0) is 13.2. The summed E-state index contributed by atoms with van der Waals surface area (Å²) in [6.07, 6.45) is 0. The van der Waals surface area contributed by atoms with Crippen LogP contribution in [0.4, 0.5) is 5.69 Å². The molecule has 0 atom stereocenters. The normalized spacial score (nSPS) is 10.2. The van der Waals surface area contributed by atoms with Gasteiger partial charge in [-0.05, 0) is 46.1 Å². The van der Waals surface area contributed by atoms with Crippen LogP contribution in [-0.4, -0.2) is 0 Å². The first-order chi connectivity index (χ1) is 9.33. The molecule has 19 heavy (non-hydrogen) atoms. The molecule has 3 nitrogen and oxygen atoms in total. The number of thioether (sulfide) groups is 1. The zero-order valence-electron chi connectivity index (χ0n) is 9.87. The van der Waals surface area contributed by atoms with Gasteiger partial charge < -0.3 is 0 Å². The van der Waals surface area contributed by atoms with E-state index in [1.54, 1.807) is 6.07 Å². The fourth-order valence-corrected chi connectivity index (χ4v) is 2.80. The summed E-state index contributed by atoms with van der Waals surface area (Å²) in [6.45, 7) is 0. The first-order valence-corrected chi connectivity index (χ1v) is 6.51. The van der Waals surface area contributed by atoms with Gasteiger partial charge in [-0.3, -0.25) is 0 Å². The van der Waals surface area contributed by atoms with E-state index in [1.165, 1.54) is 0 Å². The molecule has 0 saturated heterocycles. The number of nitrogens with zero attached hydrogens (tertiary/aromatic N) is 3. The molecule has 0 amide bonds. The van der Waals surface area contributed by atoms with Crippen LogP contribution in [0.15, 0.2) is 53.4 Å². The van der Waals surface area contributed by atoms with E-state index in [0.29, 0.717) is 10.6 Å². The van der Waals surface area contributed by atoms with Crippen LogP contribution < -0.4 is 0 Å². The van der Waals surface area contributed by atoms with E-state index >= 15 is 0 Å². The quantitative estimate of drug-likeness (QED) is 0.267. The molecule has 4 heteroatoms. The summed E-state index contributed by atoms with van der Waals surface area (Å²) < 4.78 is 0. The highest BCUT2D eigenvalue weighted by Gasteiger charge is 2.18. The second-order valence-electron chi connectivity index (χ2n) is 4.13. The summed E-state index contributed by atoms with van der Waals surface area (Å²) in [5, 5.41) is 24.2. The highest BCUT2D eigenvalue weighted by molar-refractivity contribution is 8.04. The Morgan fingerprint density at radius 2 is 1.68 bits per heavy atom. The van der Waals surface area contributed by atoms with Gasteiger partial charge in [0.05, 0.1) is 0 Å². The van der Waals surface area contributed by atoms with Gasteiger partial charge in [0.2, 0.25) is 5.39 Å². The SMILES string of the molecule is N#CSc1c([N+]#N)ccc2cc3ccccc3cc12. The topological polar surface area (TPSA) is 51.9 Å². The van der Waals surface area contributed by atoms with Crippen LogP contribution in [0.5, 0.6) is 0 Å². The van der Waals surface area contributed by atoms with E-state index in [1.807, 2.05) is 35.7 Å². The third-order valence-electron chi connectivity index (χ3n) is 3.07. The first kappa shape index (κ1) is 11.5. The van der Waals surface area contributed by atoms with Crippen LogP contribution in [0.3, 0.4) is 0 Å². The first-order valence-electron chi connectivity index (χ1n) is 5.70. The summed E-state index contributed by atoms with van der Waals surface area (Å²) in [4.78, 5) is 3.94. The van der Waals surface area contributed by atoms with Gasteiger partial charge in [-0.1, -0.05) is 24.3 Å². The smallest absolute Gasteiger partial charge is 0.185 e. The van der Waals surface area contributed by atoms with Crippen LogP contribution in [0, 0.1) is 16.1 Å². The van der Waals surface area contributed by atoms with Crippen LogP contribution in [0.25, 0.3) is 26.5 Å². The van der Waals surface area contributed by atoms with Crippen LogP contribution in [0.2, 0.25) is 0 Å². The Balaban J connectivity index is 2.45. The van der Waals surface area contributed by atoms with E-state index in [-0.39, 0.29) is 0 Å². The third kappa shape index (κ3) is 1.89. The predicted octanol–water partition coefficient (Wildman–Crippen LogP) is 5.05. The van der Waals surface area contributed by atoms with Crippen molar-refractivity contribution in [3.63, 3.8) is 0 Å². The average molecular weight is 262 g/mol. The number of rotatable bonds is 1. The maximum absolute atomic E-state index is 9.02. The number of hydrogen-bond donors (Lipinski definition) is 0. The van der Waals surface area contributed by atoms with Gasteiger partial charge in [0.1, 0.15) is 10.3 Å². The monoisotopic (exact) mass is 262 g/mol. The number of diazo groups is 1. The molecule has 0 fully saturated rings. The van der Waals surface area contributed by atoms with E-state index in [2.05, 4.69) is 17.1 Å². The Bertz CT molecular complexity index is 872. The fourth-order valence-electron chi connectivity index (χ4n) is 2.21. The molecule has 88 valence electrons. The zero-order valence-corrected chi connectivity index (χ0v) is 10.7. The lowest BCUT2D eigenvalue weighted by atomic mass is 10.0. The minimum atomic E-state index is 0.425. The molecule has 3 aromatic carbocycles. The molecule has 0 bridgehead atoms. The average Bonchev–Trinajstić information content (AvgIpc) is 2.46. The summed E-state index contributed by atoms with van der Waals surface area (Å²) >= 11 is 1.02. The Labute approximate surface area is 114 Å². The highest BCUT2D eigenvalue weighted by atomic mass is 32.2. The van der Waals surface area contributed by atoms with Crippen LogP contribution >= 0.6 is 11.8 Å². The highest BCUT2D eigenvalue weighted by Crippen LogP contribution is 2.37. The predicted molar refractivity (Wildman–Crippen MR) is 77.7 cm³/mol. The number of fused-ring (bicyclic) bond motifs is 2. The maximum atomic E-state index is 9.02. The number of hydrogen-bond acceptors (Lipinski definition) is 3. The van der Waals surface area contributed by atoms with Crippen molar-refractivity contribution >= 4 is 39.0 Å². The molecular weight excluding hydrogens is 254 g/mol. The molecule has 0 aliphatic rings. The summed E-state index contributed by atoms with van der Waals surface area (Å²) in [6, 6.07) is 15.8. The van der Waals surface area contributed by atoms with Crippen molar-refractivity contribution in [1.29, 1.82) is 10.7 Å². The van der Waals surface area contributed by atoms with Gasteiger partial charge in [0, 0.05) is 11.5 Å². The van der Waals surface area contributed by atoms with E-state index < -0.39 is 0 Å². The van der Waals surface area contributed by atoms with Crippen LogP contribution in [0.1, 0.15) is 0 Å². The van der Waals surface area contributed by atoms with E-state index in [0.717, 1.165) is 33.3 Å². The lowest BCUT2D eigenvalue weighted by Crippen LogP contribution is -1.80. The maximum Gasteiger partial charge on any atom is 0.400 e. The van der Waals surface area contributed by atoms with Gasteiger partial charge in [-0.2, -0.15) is 5.26 Å². The van der Waals surface area contributed by atoms with Gasteiger partial charge in [0.25, 0.3) is 0 Å². The Morgan fingerprint density at radius 3 is 2.37 bits per heavy atom. The molecule has 0 heterocycles. The molecule has 0 unspecified atom stereocenters. The molecular formula is C15H8N3S+. The van der Waals surface area contributed by atoms with Crippen molar-refractivity contribution in [3.8, 4) is 5.40 Å². The fraction of sp³-hybridized carbons (Fsp3) is 0. The molecule has 0 spiro atoms. The molecule has 3 aromatic rings.